The van der Waals surface area contributed by atoms with Gasteiger partial charge in [-0.15, -0.1) is 5.10 Å². The lowest BCUT2D eigenvalue weighted by molar-refractivity contribution is 0.415. The number of hydrogen-bond donors (Lipinski definition) is 2. The van der Waals surface area contributed by atoms with Crippen LogP contribution in [0.5, 0.6) is 5.75 Å². The van der Waals surface area contributed by atoms with Crippen LogP contribution < -0.4 is 15.2 Å². The highest BCUT2D eigenvalue weighted by Gasteiger charge is 2.16. The fourth-order valence-electron chi connectivity index (χ4n) is 1.41. The number of nitrogens with zero attached hydrogens (tertiary/aromatic N) is 2. The van der Waals surface area contributed by atoms with E-state index in [1.807, 2.05) is 0 Å². The maximum atomic E-state index is 12.1. The summed E-state index contributed by atoms with van der Waals surface area (Å²) in [5.74, 6) is 0.431. The lowest BCUT2D eigenvalue weighted by Crippen LogP contribution is -2.14. The van der Waals surface area contributed by atoms with Gasteiger partial charge in [0, 0.05) is 12.3 Å². The van der Waals surface area contributed by atoms with Crippen molar-refractivity contribution in [2.45, 2.75) is 4.90 Å². The van der Waals surface area contributed by atoms with Gasteiger partial charge >= 0.3 is 0 Å². The molecule has 0 unspecified atom stereocenters. The Hall–Kier alpha value is -2.35. The van der Waals surface area contributed by atoms with Gasteiger partial charge in [-0.25, -0.2) is 8.42 Å². The zero-order valence-corrected chi connectivity index (χ0v) is 10.9. The van der Waals surface area contributed by atoms with Crippen LogP contribution in [0.1, 0.15) is 0 Å². The minimum absolute atomic E-state index is 0.0317. The third-order valence-electron chi connectivity index (χ3n) is 2.33. The Morgan fingerprint density at radius 2 is 2.11 bits per heavy atom. The number of rotatable bonds is 4. The fourth-order valence-corrected chi connectivity index (χ4v) is 2.42. The zero-order chi connectivity index (χ0) is 13.9. The van der Waals surface area contributed by atoms with E-state index < -0.39 is 10.0 Å². The SMILES string of the molecule is COc1cc(S(=O)(=O)Nc2cccnn2)ccc1N. The molecule has 0 aliphatic rings. The Labute approximate surface area is 110 Å². The van der Waals surface area contributed by atoms with Crippen molar-refractivity contribution < 1.29 is 13.2 Å². The summed E-state index contributed by atoms with van der Waals surface area (Å²) in [7, 11) is -2.34. The van der Waals surface area contributed by atoms with Crippen LogP contribution in [0.4, 0.5) is 11.5 Å². The summed E-state index contributed by atoms with van der Waals surface area (Å²) < 4.78 is 31.5. The monoisotopic (exact) mass is 280 g/mol. The third-order valence-corrected chi connectivity index (χ3v) is 3.68. The Bertz CT molecular complexity index is 674. The second kappa shape index (κ2) is 5.11. The number of anilines is 2. The maximum absolute atomic E-state index is 12.1. The molecule has 3 N–H and O–H groups in total. The van der Waals surface area contributed by atoms with Crippen LogP contribution in [0, 0.1) is 0 Å². The molecule has 2 rings (SSSR count). The van der Waals surface area contributed by atoms with Crippen molar-refractivity contribution in [3.8, 4) is 5.75 Å². The minimum Gasteiger partial charge on any atom is -0.495 e. The lowest BCUT2D eigenvalue weighted by Gasteiger charge is -2.09. The normalized spacial score (nSPS) is 11.0. The molecule has 19 heavy (non-hydrogen) atoms. The Kier molecular flexibility index (Phi) is 3.52. The molecule has 2 aromatic rings. The average molecular weight is 280 g/mol. The highest BCUT2D eigenvalue weighted by molar-refractivity contribution is 7.92. The maximum Gasteiger partial charge on any atom is 0.263 e. The molecule has 0 amide bonds. The first kappa shape index (κ1) is 13.1. The van der Waals surface area contributed by atoms with Gasteiger partial charge in [-0.1, -0.05) is 0 Å². The molecule has 1 aromatic carbocycles. The van der Waals surface area contributed by atoms with E-state index in [2.05, 4.69) is 14.9 Å². The third kappa shape index (κ3) is 2.91. The molecule has 0 atom stereocenters. The molecule has 0 spiro atoms. The molecular weight excluding hydrogens is 268 g/mol. The van der Waals surface area contributed by atoms with Crippen molar-refractivity contribution >= 4 is 21.5 Å². The van der Waals surface area contributed by atoms with Crippen molar-refractivity contribution in [2.75, 3.05) is 17.6 Å². The first-order valence-corrected chi connectivity index (χ1v) is 6.75. The van der Waals surface area contributed by atoms with Crippen LogP contribution >= 0.6 is 0 Å². The van der Waals surface area contributed by atoms with Crippen LogP contribution in [0.3, 0.4) is 0 Å². The van der Waals surface area contributed by atoms with Crippen molar-refractivity contribution in [1.29, 1.82) is 0 Å². The molecule has 0 aliphatic carbocycles. The second-order valence-electron chi connectivity index (χ2n) is 3.62. The molecule has 1 heterocycles. The van der Waals surface area contributed by atoms with Crippen molar-refractivity contribution in [1.82, 2.24) is 10.2 Å². The highest BCUT2D eigenvalue weighted by Crippen LogP contribution is 2.25. The van der Waals surface area contributed by atoms with Crippen LogP contribution in [0.2, 0.25) is 0 Å². The van der Waals surface area contributed by atoms with Gasteiger partial charge in [0.15, 0.2) is 5.82 Å². The lowest BCUT2D eigenvalue weighted by atomic mass is 10.3. The predicted octanol–water partition coefficient (Wildman–Crippen LogP) is 0.868. The summed E-state index contributed by atoms with van der Waals surface area (Å²) >= 11 is 0. The first-order valence-electron chi connectivity index (χ1n) is 5.27. The van der Waals surface area contributed by atoms with Crippen molar-refractivity contribution in [3.05, 3.63) is 36.5 Å². The molecule has 7 nitrogen and oxygen atoms in total. The van der Waals surface area contributed by atoms with Gasteiger partial charge in [0.2, 0.25) is 0 Å². The number of methoxy groups -OCH3 is 1. The fraction of sp³-hybridized carbons (Fsp3) is 0.0909. The molecule has 0 radical (unpaired) electrons. The van der Waals surface area contributed by atoms with Crippen molar-refractivity contribution in [2.24, 2.45) is 0 Å². The molecule has 1 aromatic heterocycles. The highest BCUT2D eigenvalue weighted by atomic mass is 32.2. The van der Waals surface area contributed by atoms with Crippen LogP contribution in [0.25, 0.3) is 0 Å². The van der Waals surface area contributed by atoms with E-state index in [0.717, 1.165) is 0 Å². The predicted molar refractivity (Wildman–Crippen MR) is 70.2 cm³/mol. The summed E-state index contributed by atoms with van der Waals surface area (Å²) in [5.41, 5.74) is 6.00. The number of sulfonamides is 1. The van der Waals surface area contributed by atoms with Gasteiger partial charge in [0.05, 0.1) is 17.7 Å². The van der Waals surface area contributed by atoms with E-state index in [4.69, 9.17) is 10.5 Å². The van der Waals surface area contributed by atoms with Gasteiger partial charge < -0.3 is 10.5 Å². The van der Waals surface area contributed by atoms with E-state index in [1.54, 1.807) is 6.07 Å². The number of nitrogens with one attached hydrogen (secondary N) is 1. The molecular formula is C11H12N4O3S. The van der Waals surface area contributed by atoms with E-state index in [9.17, 15) is 8.42 Å². The number of ether oxygens (including phenoxy) is 1. The minimum atomic E-state index is -3.75. The van der Waals surface area contributed by atoms with E-state index in [-0.39, 0.29) is 10.7 Å². The average Bonchev–Trinajstić information content (AvgIpc) is 2.39. The Morgan fingerprint density at radius 1 is 1.32 bits per heavy atom. The summed E-state index contributed by atoms with van der Waals surface area (Å²) in [6, 6.07) is 7.27. The quantitative estimate of drug-likeness (QED) is 0.805. The first-order chi connectivity index (χ1) is 9.03. The summed E-state index contributed by atoms with van der Waals surface area (Å²) in [5, 5.41) is 7.24. The number of nitrogen functional groups attached to an aromatic ring is 1. The Balaban J connectivity index is 2.35. The van der Waals surface area contributed by atoms with Crippen LogP contribution in [0.15, 0.2) is 41.4 Å². The number of aromatic nitrogens is 2. The second-order valence-corrected chi connectivity index (χ2v) is 5.30. The van der Waals surface area contributed by atoms with E-state index in [0.29, 0.717) is 11.4 Å². The van der Waals surface area contributed by atoms with Gasteiger partial charge in [-0.3, -0.25) is 4.72 Å². The van der Waals surface area contributed by atoms with Crippen LogP contribution in [-0.2, 0) is 10.0 Å². The standard InChI is InChI=1S/C11H12N4O3S/c1-18-10-7-8(4-5-9(10)12)19(16,17)15-11-3-2-6-13-14-11/h2-7H,12H2,1H3,(H,14,15). The molecule has 0 bridgehead atoms. The Morgan fingerprint density at radius 3 is 2.74 bits per heavy atom. The van der Waals surface area contributed by atoms with E-state index >= 15 is 0 Å². The number of nitrogens with two attached hydrogens (primary N) is 1. The number of benzene rings is 1. The summed E-state index contributed by atoms with van der Waals surface area (Å²) in [4.78, 5) is 0.0317. The smallest absolute Gasteiger partial charge is 0.263 e. The van der Waals surface area contributed by atoms with Gasteiger partial charge in [0.25, 0.3) is 10.0 Å². The van der Waals surface area contributed by atoms with Crippen molar-refractivity contribution in [3.63, 3.8) is 0 Å². The van der Waals surface area contributed by atoms with Gasteiger partial charge in [-0.2, -0.15) is 5.10 Å². The van der Waals surface area contributed by atoms with Gasteiger partial charge in [0.1, 0.15) is 5.75 Å². The topological polar surface area (TPSA) is 107 Å². The molecule has 0 saturated carbocycles. The van der Waals surface area contributed by atoms with Gasteiger partial charge in [-0.05, 0) is 24.3 Å². The summed E-state index contributed by atoms with van der Waals surface area (Å²) in [6.45, 7) is 0. The molecule has 0 saturated heterocycles. The number of hydrogen-bond acceptors (Lipinski definition) is 6. The largest absolute Gasteiger partial charge is 0.495 e. The molecule has 100 valence electrons. The molecule has 8 heteroatoms. The zero-order valence-electron chi connectivity index (χ0n) is 10.1. The van der Waals surface area contributed by atoms with E-state index in [1.165, 1.54) is 37.6 Å². The summed E-state index contributed by atoms with van der Waals surface area (Å²) in [6.07, 6.45) is 1.45. The van der Waals surface area contributed by atoms with Crippen LogP contribution in [-0.4, -0.2) is 25.7 Å². The molecule has 0 fully saturated rings. The molecule has 0 aliphatic heterocycles.